The molecule has 0 saturated carbocycles. The van der Waals surface area contributed by atoms with E-state index in [2.05, 4.69) is 10.0 Å². The van der Waals surface area contributed by atoms with Gasteiger partial charge in [-0.15, -0.1) is 11.8 Å². The number of hydrogen-bond donors (Lipinski definition) is 3. The third-order valence-electron chi connectivity index (χ3n) is 5.80. The monoisotopic (exact) mass is 449 g/mol. The average Bonchev–Trinajstić information content (AvgIpc) is 3.27. The Balaban J connectivity index is 1.34. The van der Waals surface area contributed by atoms with Gasteiger partial charge in [0, 0.05) is 47.2 Å². The van der Waals surface area contributed by atoms with Gasteiger partial charge in [-0.2, -0.15) is 0 Å². The van der Waals surface area contributed by atoms with Gasteiger partial charge in [0.2, 0.25) is 5.91 Å². The smallest absolute Gasteiger partial charge is 0.353 e. The van der Waals surface area contributed by atoms with Crippen LogP contribution in [0.15, 0.2) is 39.8 Å². The van der Waals surface area contributed by atoms with E-state index in [0.717, 1.165) is 17.6 Å². The molecule has 160 valence electrons. The van der Waals surface area contributed by atoms with Crippen LogP contribution in [0.1, 0.15) is 30.1 Å². The number of aliphatic carboxylic acids is 1. The lowest BCUT2D eigenvalue weighted by Gasteiger charge is -2.37. The number of carboxylic acids is 1. The summed E-state index contributed by atoms with van der Waals surface area (Å²) >= 11 is 1.55. The Morgan fingerprint density at radius 1 is 1.47 bits per heavy atom. The third kappa shape index (κ3) is 3.96. The Hall–Kier alpha value is -2.01. The largest absolute Gasteiger partial charge is 0.477 e. The summed E-state index contributed by atoms with van der Waals surface area (Å²) < 4.78 is 15.4. The molecule has 0 aromatic heterocycles. The van der Waals surface area contributed by atoms with Crippen LogP contribution in [0.3, 0.4) is 0 Å². The highest BCUT2D eigenvalue weighted by molar-refractivity contribution is 8.03. The predicted molar refractivity (Wildman–Crippen MR) is 113 cm³/mol. The van der Waals surface area contributed by atoms with E-state index in [-0.39, 0.29) is 34.9 Å². The number of fused-ring (bicyclic) bond motifs is 1. The van der Waals surface area contributed by atoms with Crippen LogP contribution in [-0.2, 0) is 20.6 Å². The maximum atomic E-state index is 12.4. The van der Waals surface area contributed by atoms with Gasteiger partial charge in [0.15, 0.2) is 0 Å². The van der Waals surface area contributed by atoms with E-state index in [9.17, 15) is 23.7 Å². The Bertz CT molecular complexity index is 950. The lowest BCUT2D eigenvalue weighted by Crippen LogP contribution is -2.51. The fourth-order valence-electron chi connectivity index (χ4n) is 4.18. The normalized spacial score (nSPS) is 29.0. The molecule has 2 saturated heterocycles. The molecule has 30 heavy (non-hydrogen) atoms. The Morgan fingerprint density at radius 2 is 2.27 bits per heavy atom. The Kier molecular flexibility index (Phi) is 6.10. The zero-order valence-corrected chi connectivity index (χ0v) is 18.0. The number of rotatable bonds is 8. The summed E-state index contributed by atoms with van der Waals surface area (Å²) in [5, 5.41) is 13.2. The maximum absolute atomic E-state index is 12.4. The summed E-state index contributed by atoms with van der Waals surface area (Å²) in [5.41, 5.74) is 0.626. The van der Waals surface area contributed by atoms with Gasteiger partial charge in [-0.1, -0.05) is 19.1 Å². The average molecular weight is 450 g/mol. The second kappa shape index (κ2) is 8.62. The van der Waals surface area contributed by atoms with Crippen molar-refractivity contribution in [1.82, 2.24) is 14.9 Å². The number of benzene rings is 1. The number of carbonyl (C=O) groups is 3. The molecule has 3 heterocycles. The molecule has 1 amide bonds. The highest BCUT2D eigenvalue weighted by Gasteiger charge is 2.52. The summed E-state index contributed by atoms with van der Waals surface area (Å²) in [6, 6.07) is 6.75. The zero-order chi connectivity index (χ0) is 21.4. The van der Waals surface area contributed by atoms with Crippen molar-refractivity contribution in [2.45, 2.75) is 42.0 Å². The molecule has 5 atom stereocenters. The highest BCUT2D eigenvalue weighted by Crippen LogP contribution is 2.48. The van der Waals surface area contributed by atoms with Crippen molar-refractivity contribution in [2.75, 3.05) is 13.1 Å². The quantitative estimate of drug-likeness (QED) is 0.402. The van der Waals surface area contributed by atoms with E-state index >= 15 is 0 Å². The van der Waals surface area contributed by atoms with Crippen LogP contribution >= 0.6 is 11.8 Å². The van der Waals surface area contributed by atoms with Crippen molar-refractivity contribution in [3.8, 4) is 0 Å². The number of nitrogens with one attached hydrogen (secondary N) is 2. The number of aldehydes is 1. The minimum absolute atomic E-state index is 0.0255. The van der Waals surface area contributed by atoms with Gasteiger partial charge in [0.25, 0.3) is 0 Å². The molecule has 3 aliphatic rings. The molecule has 8 nitrogen and oxygen atoms in total. The highest BCUT2D eigenvalue weighted by atomic mass is 32.2. The minimum Gasteiger partial charge on any atom is -0.477 e. The fourth-order valence-corrected chi connectivity index (χ4v) is 6.68. The minimum atomic E-state index is -1.42. The SMILES string of the molecule is CC1C(SC2CNC(CNS(=O)c3cccc(C=O)c3)C2)=C(C(=O)O)N2C(=O)CC12. The second-order valence-electron chi connectivity index (χ2n) is 7.73. The zero-order valence-electron chi connectivity index (χ0n) is 16.4. The van der Waals surface area contributed by atoms with Crippen LogP contribution in [0.2, 0.25) is 0 Å². The van der Waals surface area contributed by atoms with Crippen molar-refractivity contribution in [2.24, 2.45) is 5.92 Å². The summed E-state index contributed by atoms with van der Waals surface area (Å²) in [6.45, 7) is 3.19. The molecule has 1 aromatic rings. The summed E-state index contributed by atoms with van der Waals surface area (Å²) in [4.78, 5) is 37.3. The van der Waals surface area contributed by atoms with Gasteiger partial charge in [0.05, 0.1) is 10.9 Å². The lowest BCUT2D eigenvalue weighted by molar-refractivity contribution is -0.148. The van der Waals surface area contributed by atoms with Crippen LogP contribution in [0, 0.1) is 5.92 Å². The number of carbonyl (C=O) groups excluding carboxylic acids is 2. The first-order valence-electron chi connectivity index (χ1n) is 9.79. The molecule has 0 spiro atoms. The molecule has 4 rings (SSSR count). The van der Waals surface area contributed by atoms with Gasteiger partial charge in [-0.25, -0.2) is 13.7 Å². The first-order chi connectivity index (χ1) is 14.4. The number of nitrogens with zero attached hydrogens (tertiary/aromatic N) is 1. The van der Waals surface area contributed by atoms with Gasteiger partial charge in [0.1, 0.15) is 23.0 Å². The van der Waals surface area contributed by atoms with Gasteiger partial charge < -0.3 is 15.3 Å². The van der Waals surface area contributed by atoms with Crippen molar-refractivity contribution in [3.63, 3.8) is 0 Å². The van der Waals surface area contributed by atoms with Crippen LogP contribution < -0.4 is 10.0 Å². The Labute approximate surface area is 181 Å². The van der Waals surface area contributed by atoms with E-state index in [4.69, 9.17) is 0 Å². The molecule has 0 radical (unpaired) electrons. The van der Waals surface area contributed by atoms with E-state index < -0.39 is 17.0 Å². The van der Waals surface area contributed by atoms with E-state index in [1.54, 1.807) is 36.0 Å². The summed E-state index contributed by atoms with van der Waals surface area (Å²) in [5.74, 6) is -1.13. The lowest BCUT2D eigenvalue weighted by atomic mass is 9.94. The van der Waals surface area contributed by atoms with E-state index in [1.807, 2.05) is 6.92 Å². The number of thioether (sulfide) groups is 1. The molecule has 10 heteroatoms. The topological polar surface area (TPSA) is 116 Å². The van der Waals surface area contributed by atoms with Gasteiger partial charge >= 0.3 is 5.97 Å². The first-order valence-corrected chi connectivity index (χ1v) is 11.8. The molecular formula is C20H23N3O5S2. The van der Waals surface area contributed by atoms with Crippen molar-refractivity contribution in [3.05, 3.63) is 40.4 Å². The third-order valence-corrected chi connectivity index (χ3v) is 8.42. The number of carboxylic acid groups (broad SMARTS) is 1. The van der Waals surface area contributed by atoms with Crippen LogP contribution in [0.4, 0.5) is 0 Å². The summed E-state index contributed by atoms with van der Waals surface area (Å²) in [7, 11) is -1.42. The molecule has 0 bridgehead atoms. The van der Waals surface area contributed by atoms with Crippen molar-refractivity contribution < 1.29 is 23.7 Å². The molecule has 3 N–H and O–H groups in total. The first kappa shape index (κ1) is 21.2. The fraction of sp³-hybridized carbons (Fsp3) is 0.450. The second-order valence-corrected chi connectivity index (χ2v) is 10.4. The van der Waals surface area contributed by atoms with Gasteiger partial charge in [-0.3, -0.25) is 9.59 Å². The van der Waals surface area contributed by atoms with E-state index in [1.165, 1.54) is 4.90 Å². The molecular weight excluding hydrogens is 426 g/mol. The van der Waals surface area contributed by atoms with Gasteiger partial charge in [-0.05, 0) is 18.6 Å². The predicted octanol–water partition coefficient (Wildman–Crippen LogP) is 1.12. The number of amides is 1. The van der Waals surface area contributed by atoms with Crippen molar-refractivity contribution >= 4 is 40.9 Å². The van der Waals surface area contributed by atoms with Crippen LogP contribution in [0.5, 0.6) is 0 Å². The Morgan fingerprint density at radius 3 is 2.97 bits per heavy atom. The van der Waals surface area contributed by atoms with Crippen molar-refractivity contribution in [1.29, 1.82) is 0 Å². The number of β-lactam (4-membered cyclic amide) rings is 1. The number of hydrogen-bond acceptors (Lipinski definition) is 6. The molecule has 5 unspecified atom stereocenters. The molecule has 3 aliphatic heterocycles. The maximum Gasteiger partial charge on any atom is 0.353 e. The standard InChI is InChI=1S/C20H23N3O5S2/c1-11-16-7-17(25)23(16)18(20(26)27)19(11)29-14-6-13(21-9-14)8-22-30(28)15-4-2-3-12(5-15)10-24/h2-5,10-11,13-14,16,21-22H,6-9H2,1H3,(H,26,27). The molecule has 1 aromatic carbocycles. The van der Waals surface area contributed by atoms with Crippen LogP contribution in [0.25, 0.3) is 0 Å². The molecule has 0 aliphatic carbocycles. The molecule has 2 fully saturated rings. The van der Waals surface area contributed by atoms with E-state index in [0.29, 0.717) is 30.0 Å². The summed E-state index contributed by atoms with van der Waals surface area (Å²) in [6.07, 6.45) is 1.93. The van der Waals surface area contributed by atoms with Crippen LogP contribution in [-0.4, -0.2) is 62.8 Å².